The molecule has 140 valence electrons. The highest BCUT2D eigenvalue weighted by Crippen LogP contribution is 2.42. The van der Waals surface area contributed by atoms with Gasteiger partial charge < -0.3 is 4.74 Å². The Kier molecular flexibility index (Phi) is 4.79. The van der Waals surface area contributed by atoms with Gasteiger partial charge in [-0.1, -0.05) is 0 Å². The van der Waals surface area contributed by atoms with Crippen LogP contribution in [0.4, 0.5) is 13.2 Å². The van der Waals surface area contributed by atoms with Gasteiger partial charge in [0, 0.05) is 12.0 Å². The van der Waals surface area contributed by atoms with Crippen molar-refractivity contribution in [3.05, 3.63) is 29.8 Å². The van der Waals surface area contributed by atoms with Gasteiger partial charge in [-0.05, 0) is 57.1 Å². The van der Waals surface area contributed by atoms with Crippen LogP contribution in [0.3, 0.4) is 0 Å². The van der Waals surface area contributed by atoms with Crippen LogP contribution in [0.1, 0.15) is 25.3 Å². The monoisotopic (exact) mass is 377 g/mol. The Bertz CT molecular complexity index is 694. The zero-order valence-corrected chi connectivity index (χ0v) is 14.9. The number of likely N-dealkylation sites (tertiary alicyclic amines) is 1. The maximum Gasteiger partial charge on any atom is 0.416 e. The summed E-state index contributed by atoms with van der Waals surface area (Å²) in [5.74, 6) is 1.04. The highest BCUT2D eigenvalue weighted by Gasteiger charge is 2.49. The molecule has 25 heavy (non-hydrogen) atoms. The van der Waals surface area contributed by atoms with Gasteiger partial charge in [-0.2, -0.15) is 13.2 Å². The molecule has 0 aromatic heterocycles. The molecule has 1 atom stereocenters. The van der Waals surface area contributed by atoms with Crippen LogP contribution in [0.2, 0.25) is 0 Å². The molecular weight excluding hydrogens is 355 g/mol. The number of sulfone groups is 1. The lowest BCUT2D eigenvalue weighted by Gasteiger charge is -2.47. The van der Waals surface area contributed by atoms with E-state index in [0.717, 1.165) is 38.1 Å². The van der Waals surface area contributed by atoms with E-state index in [-0.39, 0.29) is 11.5 Å². The van der Waals surface area contributed by atoms with Gasteiger partial charge in [-0.15, -0.1) is 0 Å². The van der Waals surface area contributed by atoms with Crippen molar-refractivity contribution in [2.45, 2.75) is 32.0 Å². The zero-order valence-electron chi connectivity index (χ0n) is 14.1. The molecule has 8 heteroatoms. The molecule has 1 unspecified atom stereocenters. The number of rotatable bonds is 4. The molecule has 0 radical (unpaired) electrons. The molecule has 2 aliphatic heterocycles. The van der Waals surface area contributed by atoms with Gasteiger partial charge in [0.05, 0.1) is 17.1 Å². The highest BCUT2D eigenvalue weighted by atomic mass is 32.2. The van der Waals surface area contributed by atoms with E-state index in [1.807, 2.05) is 6.92 Å². The van der Waals surface area contributed by atoms with Gasteiger partial charge in [-0.3, -0.25) is 4.90 Å². The normalized spacial score (nSPS) is 23.8. The standard InChI is InChI=1S/C17H22F3NO3S/c1-13(24-15-4-2-14(3-5-15)17(18,19)20)10-21-8-6-16(7-9-21)11-25(22,23)12-16/h2-5,13H,6-12H2,1H3. The van der Waals surface area contributed by atoms with E-state index in [0.29, 0.717) is 23.8 Å². The number of alkyl halides is 3. The van der Waals surface area contributed by atoms with E-state index < -0.39 is 21.6 Å². The molecule has 4 nitrogen and oxygen atoms in total. The molecule has 0 amide bonds. The fourth-order valence-corrected chi connectivity index (χ4v) is 6.10. The zero-order chi connectivity index (χ0) is 18.3. The van der Waals surface area contributed by atoms with Crippen molar-refractivity contribution in [3.63, 3.8) is 0 Å². The largest absolute Gasteiger partial charge is 0.489 e. The summed E-state index contributed by atoms with van der Waals surface area (Å²) in [6.45, 7) is 4.21. The fourth-order valence-electron chi connectivity index (χ4n) is 3.75. The molecule has 2 saturated heterocycles. The van der Waals surface area contributed by atoms with Crippen LogP contribution in [-0.2, 0) is 16.0 Å². The lowest BCUT2D eigenvalue weighted by atomic mass is 9.81. The van der Waals surface area contributed by atoms with Gasteiger partial charge in [0.2, 0.25) is 0 Å². The smallest absolute Gasteiger partial charge is 0.416 e. The van der Waals surface area contributed by atoms with E-state index in [1.165, 1.54) is 12.1 Å². The molecule has 0 N–H and O–H groups in total. The first-order valence-electron chi connectivity index (χ1n) is 8.34. The second-order valence-corrected chi connectivity index (χ2v) is 9.35. The number of halogens is 3. The molecule has 1 aromatic rings. The van der Waals surface area contributed by atoms with E-state index >= 15 is 0 Å². The topological polar surface area (TPSA) is 46.6 Å². The van der Waals surface area contributed by atoms with Crippen LogP contribution >= 0.6 is 0 Å². The first kappa shape index (κ1) is 18.5. The second-order valence-electron chi connectivity index (χ2n) is 7.28. The van der Waals surface area contributed by atoms with Crippen LogP contribution in [-0.4, -0.2) is 50.6 Å². The van der Waals surface area contributed by atoms with Crippen molar-refractivity contribution in [2.75, 3.05) is 31.1 Å². The summed E-state index contributed by atoms with van der Waals surface area (Å²) in [6.07, 6.45) is -2.75. The quantitative estimate of drug-likeness (QED) is 0.809. The minimum atomic E-state index is -4.34. The number of piperidine rings is 1. The third-order valence-corrected chi connectivity index (χ3v) is 7.11. The van der Waals surface area contributed by atoms with Gasteiger partial charge >= 0.3 is 6.18 Å². The Labute approximate surface area is 145 Å². The minimum absolute atomic E-state index is 0.0210. The van der Waals surface area contributed by atoms with E-state index in [4.69, 9.17) is 4.74 Å². The van der Waals surface area contributed by atoms with Crippen LogP contribution < -0.4 is 4.74 Å². The van der Waals surface area contributed by atoms with Crippen molar-refractivity contribution in [2.24, 2.45) is 5.41 Å². The number of hydrogen-bond donors (Lipinski definition) is 0. The highest BCUT2D eigenvalue weighted by molar-refractivity contribution is 7.92. The Morgan fingerprint density at radius 2 is 1.72 bits per heavy atom. The van der Waals surface area contributed by atoms with Crippen molar-refractivity contribution in [3.8, 4) is 5.75 Å². The number of benzene rings is 1. The van der Waals surface area contributed by atoms with Crippen molar-refractivity contribution >= 4 is 9.84 Å². The Hall–Kier alpha value is -1.28. The summed E-state index contributed by atoms with van der Waals surface area (Å²) in [7, 11) is -2.81. The summed E-state index contributed by atoms with van der Waals surface area (Å²) >= 11 is 0. The lowest BCUT2D eigenvalue weighted by Crippen LogP contribution is -2.55. The molecule has 1 spiro atoms. The molecule has 0 aliphatic carbocycles. The number of hydrogen-bond acceptors (Lipinski definition) is 4. The first-order valence-corrected chi connectivity index (χ1v) is 10.2. The second kappa shape index (κ2) is 6.46. The Morgan fingerprint density at radius 1 is 1.16 bits per heavy atom. The molecule has 2 aliphatic rings. The molecule has 1 aromatic carbocycles. The van der Waals surface area contributed by atoms with Gasteiger partial charge in [-0.25, -0.2) is 8.42 Å². The predicted molar refractivity (Wildman–Crippen MR) is 88.3 cm³/mol. The summed E-state index contributed by atoms with van der Waals surface area (Å²) < 4.78 is 66.2. The summed E-state index contributed by atoms with van der Waals surface area (Å²) in [4.78, 5) is 2.23. The van der Waals surface area contributed by atoms with Gasteiger partial charge in [0.25, 0.3) is 0 Å². The average Bonchev–Trinajstić information content (AvgIpc) is 2.47. The summed E-state index contributed by atoms with van der Waals surface area (Å²) in [6, 6.07) is 4.71. The van der Waals surface area contributed by atoms with Crippen LogP contribution in [0.5, 0.6) is 5.75 Å². The van der Waals surface area contributed by atoms with Crippen LogP contribution in [0.25, 0.3) is 0 Å². The predicted octanol–water partition coefficient (Wildman–Crippen LogP) is 2.98. The molecule has 2 heterocycles. The van der Waals surface area contributed by atoms with Crippen molar-refractivity contribution in [1.82, 2.24) is 4.90 Å². The maximum atomic E-state index is 12.6. The van der Waals surface area contributed by atoms with E-state index in [1.54, 1.807) is 0 Å². The molecule has 3 rings (SSSR count). The molecule has 0 bridgehead atoms. The van der Waals surface area contributed by atoms with Crippen molar-refractivity contribution < 1.29 is 26.3 Å². The van der Waals surface area contributed by atoms with Gasteiger partial charge in [0.15, 0.2) is 9.84 Å². The maximum absolute atomic E-state index is 12.6. The SMILES string of the molecule is CC(CN1CCC2(CC1)CS(=O)(=O)C2)Oc1ccc(C(F)(F)F)cc1. The lowest BCUT2D eigenvalue weighted by molar-refractivity contribution is -0.137. The minimum Gasteiger partial charge on any atom is -0.489 e. The number of ether oxygens (including phenoxy) is 1. The van der Waals surface area contributed by atoms with E-state index in [2.05, 4.69) is 4.90 Å². The first-order chi connectivity index (χ1) is 11.6. The van der Waals surface area contributed by atoms with Gasteiger partial charge in [0.1, 0.15) is 11.9 Å². The molecule has 0 saturated carbocycles. The molecule has 2 fully saturated rings. The number of nitrogens with zero attached hydrogens (tertiary/aromatic N) is 1. The summed E-state index contributed by atoms with van der Waals surface area (Å²) in [5.41, 5.74) is -0.711. The Morgan fingerprint density at radius 3 is 2.20 bits per heavy atom. The average molecular weight is 377 g/mol. The van der Waals surface area contributed by atoms with Crippen molar-refractivity contribution in [1.29, 1.82) is 0 Å². The third-order valence-electron chi connectivity index (χ3n) is 5.00. The fraction of sp³-hybridized carbons (Fsp3) is 0.647. The van der Waals surface area contributed by atoms with Crippen LogP contribution in [0.15, 0.2) is 24.3 Å². The molecular formula is C17H22F3NO3S. The van der Waals surface area contributed by atoms with Crippen LogP contribution in [0, 0.1) is 5.41 Å². The Balaban J connectivity index is 1.46. The third kappa shape index (κ3) is 4.47. The van der Waals surface area contributed by atoms with E-state index in [9.17, 15) is 21.6 Å². The summed E-state index contributed by atoms with van der Waals surface area (Å²) in [5, 5.41) is 0.